The molecule has 2 rings (SSSR count). The van der Waals surface area contributed by atoms with Crippen LogP contribution in [0.25, 0.3) is 11.3 Å². The lowest BCUT2D eigenvalue weighted by molar-refractivity contribution is 0.0593. The Morgan fingerprint density at radius 3 is 2.61 bits per heavy atom. The minimum Gasteiger partial charge on any atom is -0.464 e. The predicted octanol–water partition coefficient (Wildman–Crippen LogP) is 1.65. The van der Waals surface area contributed by atoms with Gasteiger partial charge in [-0.15, -0.1) is 0 Å². The molecule has 0 amide bonds. The second-order valence-corrected chi connectivity index (χ2v) is 3.49. The van der Waals surface area contributed by atoms with Gasteiger partial charge < -0.3 is 10.5 Å². The first-order valence-corrected chi connectivity index (χ1v) is 5.08. The fraction of sp³-hybridized carbons (Fsp3) is 0.0833. The van der Waals surface area contributed by atoms with Gasteiger partial charge in [0.2, 0.25) is 0 Å². The van der Waals surface area contributed by atoms with E-state index in [1.165, 1.54) is 37.6 Å². The molecule has 1 heterocycles. The zero-order valence-electron chi connectivity index (χ0n) is 9.55. The van der Waals surface area contributed by atoms with Crippen LogP contribution in [0.15, 0.2) is 30.5 Å². The van der Waals surface area contributed by atoms with E-state index in [4.69, 9.17) is 5.73 Å². The molecule has 2 aromatic rings. The third-order valence-corrected chi connectivity index (χ3v) is 2.31. The van der Waals surface area contributed by atoms with E-state index in [2.05, 4.69) is 14.7 Å². The number of benzene rings is 1. The summed E-state index contributed by atoms with van der Waals surface area (Å²) < 4.78 is 17.4. The van der Waals surface area contributed by atoms with Crippen molar-refractivity contribution < 1.29 is 13.9 Å². The summed E-state index contributed by atoms with van der Waals surface area (Å²) in [4.78, 5) is 19.3. The van der Waals surface area contributed by atoms with E-state index >= 15 is 0 Å². The topological polar surface area (TPSA) is 78.1 Å². The number of ether oxygens (including phenoxy) is 1. The van der Waals surface area contributed by atoms with Gasteiger partial charge in [0, 0.05) is 5.56 Å². The maximum Gasteiger partial charge on any atom is 0.358 e. The Bertz CT molecular complexity index is 584. The van der Waals surface area contributed by atoms with Gasteiger partial charge in [-0.3, -0.25) is 0 Å². The van der Waals surface area contributed by atoms with Crippen molar-refractivity contribution in [3.63, 3.8) is 0 Å². The highest BCUT2D eigenvalue weighted by atomic mass is 19.1. The van der Waals surface area contributed by atoms with Crippen LogP contribution < -0.4 is 5.73 Å². The standard InChI is InChI=1S/C12H10FN3O2/c1-18-12(17)9-6-15-11(14)10(16-9)7-2-4-8(13)5-3-7/h2-6H,1H3,(H2,14,15). The molecule has 92 valence electrons. The highest BCUT2D eigenvalue weighted by Crippen LogP contribution is 2.22. The van der Waals surface area contributed by atoms with E-state index in [0.29, 0.717) is 11.3 Å². The summed E-state index contributed by atoms with van der Waals surface area (Å²) in [7, 11) is 1.25. The van der Waals surface area contributed by atoms with Crippen LogP contribution in [0, 0.1) is 5.82 Å². The Balaban J connectivity index is 2.49. The van der Waals surface area contributed by atoms with Crippen molar-refractivity contribution in [1.82, 2.24) is 9.97 Å². The molecule has 0 unspecified atom stereocenters. The SMILES string of the molecule is COC(=O)c1cnc(N)c(-c2ccc(F)cc2)n1. The minimum absolute atomic E-state index is 0.0472. The normalized spacial score (nSPS) is 10.1. The van der Waals surface area contributed by atoms with Crippen molar-refractivity contribution in [2.45, 2.75) is 0 Å². The molecule has 5 nitrogen and oxygen atoms in total. The van der Waals surface area contributed by atoms with Gasteiger partial charge in [-0.05, 0) is 24.3 Å². The van der Waals surface area contributed by atoms with Crippen molar-refractivity contribution >= 4 is 11.8 Å². The summed E-state index contributed by atoms with van der Waals surface area (Å²) in [5.41, 5.74) is 6.62. The highest BCUT2D eigenvalue weighted by molar-refractivity contribution is 5.88. The molecule has 6 heteroatoms. The lowest BCUT2D eigenvalue weighted by Gasteiger charge is -2.06. The molecule has 0 spiro atoms. The number of aromatic nitrogens is 2. The number of halogens is 1. The maximum absolute atomic E-state index is 12.8. The number of hydrogen-bond acceptors (Lipinski definition) is 5. The van der Waals surface area contributed by atoms with Crippen molar-refractivity contribution in [3.05, 3.63) is 42.0 Å². The Hall–Kier alpha value is -2.50. The Kier molecular flexibility index (Phi) is 3.18. The summed E-state index contributed by atoms with van der Waals surface area (Å²) in [6.45, 7) is 0. The fourth-order valence-corrected chi connectivity index (χ4v) is 1.42. The largest absolute Gasteiger partial charge is 0.464 e. The molecule has 0 aliphatic rings. The Morgan fingerprint density at radius 2 is 2.00 bits per heavy atom. The molecule has 0 radical (unpaired) electrons. The summed E-state index contributed by atoms with van der Waals surface area (Å²) >= 11 is 0. The van der Waals surface area contributed by atoms with Crippen molar-refractivity contribution in [3.8, 4) is 11.3 Å². The molecular formula is C12H10FN3O2. The molecule has 0 fully saturated rings. The number of nitrogens with zero attached hydrogens (tertiary/aromatic N) is 2. The van der Waals surface area contributed by atoms with Crippen molar-refractivity contribution in [1.29, 1.82) is 0 Å². The molecule has 1 aromatic carbocycles. The van der Waals surface area contributed by atoms with E-state index in [0.717, 1.165) is 0 Å². The van der Waals surface area contributed by atoms with Crippen LogP contribution in [0.4, 0.5) is 10.2 Å². The van der Waals surface area contributed by atoms with Crippen LogP contribution in [0.2, 0.25) is 0 Å². The molecule has 2 N–H and O–H groups in total. The van der Waals surface area contributed by atoms with Crippen LogP contribution in [0.1, 0.15) is 10.5 Å². The van der Waals surface area contributed by atoms with Crippen LogP contribution >= 0.6 is 0 Å². The zero-order chi connectivity index (χ0) is 13.1. The summed E-state index contributed by atoms with van der Waals surface area (Å²) in [6.07, 6.45) is 1.23. The molecule has 18 heavy (non-hydrogen) atoms. The van der Waals surface area contributed by atoms with Crippen molar-refractivity contribution in [2.75, 3.05) is 12.8 Å². The first-order chi connectivity index (χ1) is 8.61. The Morgan fingerprint density at radius 1 is 1.33 bits per heavy atom. The van der Waals surface area contributed by atoms with E-state index in [-0.39, 0.29) is 17.3 Å². The second-order valence-electron chi connectivity index (χ2n) is 3.49. The number of nitrogens with two attached hydrogens (primary N) is 1. The summed E-state index contributed by atoms with van der Waals surface area (Å²) in [5.74, 6) is -0.811. The monoisotopic (exact) mass is 247 g/mol. The third kappa shape index (κ3) is 2.27. The van der Waals surface area contributed by atoms with Gasteiger partial charge in [-0.2, -0.15) is 0 Å². The minimum atomic E-state index is -0.606. The lowest BCUT2D eigenvalue weighted by Crippen LogP contribution is -2.08. The molecule has 1 aromatic heterocycles. The molecule has 0 saturated carbocycles. The first kappa shape index (κ1) is 12.0. The number of anilines is 1. The second kappa shape index (κ2) is 4.79. The number of hydrogen-bond donors (Lipinski definition) is 1. The zero-order valence-corrected chi connectivity index (χ0v) is 9.55. The smallest absolute Gasteiger partial charge is 0.358 e. The van der Waals surface area contributed by atoms with Gasteiger partial charge in [0.05, 0.1) is 13.3 Å². The lowest BCUT2D eigenvalue weighted by atomic mass is 10.1. The number of esters is 1. The molecule has 0 saturated heterocycles. The first-order valence-electron chi connectivity index (χ1n) is 5.08. The number of nitrogen functional groups attached to an aromatic ring is 1. The van der Waals surface area contributed by atoms with Gasteiger partial charge >= 0.3 is 5.97 Å². The molecule has 0 aliphatic heterocycles. The van der Waals surface area contributed by atoms with Gasteiger partial charge in [-0.1, -0.05) is 0 Å². The van der Waals surface area contributed by atoms with Gasteiger partial charge in [-0.25, -0.2) is 19.2 Å². The quantitative estimate of drug-likeness (QED) is 0.816. The summed E-state index contributed by atoms with van der Waals surface area (Å²) in [5, 5.41) is 0. The number of rotatable bonds is 2. The van der Waals surface area contributed by atoms with Crippen LogP contribution in [-0.4, -0.2) is 23.0 Å². The molecule has 0 atom stereocenters. The molecule has 0 aliphatic carbocycles. The molecular weight excluding hydrogens is 237 g/mol. The van der Waals surface area contributed by atoms with E-state index in [1.54, 1.807) is 0 Å². The predicted molar refractivity (Wildman–Crippen MR) is 63.2 cm³/mol. The van der Waals surface area contributed by atoms with Gasteiger partial charge in [0.1, 0.15) is 17.3 Å². The van der Waals surface area contributed by atoms with Crippen LogP contribution in [0.5, 0.6) is 0 Å². The van der Waals surface area contributed by atoms with E-state index in [9.17, 15) is 9.18 Å². The van der Waals surface area contributed by atoms with E-state index < -0.39 is 5.97 Å². The van der Waals surface area contributed by atoms with E-state index in [1.807, 2.05) is 0 Å². The maximum atomic E-state index is 12.8. The van der Waals surface area contributed by atoms with Gasteiger partial charge in [0.15, 0.2) is 5.69 Å². The third-order valence-electron chi connectivity index (χ3n) is 2.31. The number of carbonyl (C=O) groups excluding carboxylic acids is 1. The van der Waals surface area contributed by atoms with Crippen molar-refractivity contribution in [2.24, 2.45) is 0 Å². The van der Waals surface area contributed by atoms with Crippen LogP contribution in [0.3, 0.4) is 0 Å². The Labute approximate surface area is 102 Å². The number of methoxy groups -OCH3 is 1. The molecule has 0 bridgehead atoms. The fourth-order valence-electron chi connectivity index (χ4n) is 1.42. The summed E-state index contributed by atoms with van der Waals surface area (Å²) in [6, 6.07) is 5.58. The highest BCUT2D eigenvalue weighted by Gasteiger charge is 2.13. The average molecular weight is 247 g/mol. The average Bonchev–Trinajstić information content (AvgIpc) is 2.39. The van der Waals surface area contributed by atoms with Crippen LogP contribution in [-0.2, 0) is 4.74 Å². The number of carbonyl (C=O) groups is 1. The van der Waals surface area contributed by atoms with Gasteiger partial charge in [0.25, 0.3) is 0 Å².